The van der Waals surface area contributed by atoms with Gasteiger partial charge in [0.05, 0.1) is 0 Å². The van der Waals surface area contributed by atoms with Crippen molar-refractivity contribution in [3.8, 4) is 5.75 Å². The third-order valence-corrected chi connectivity index (χ3v) is 4.41. The van der Waals surface area contributed by atoms with Crippen LogP contribution in [0.3, 0.4) is 0 Å². The Kier molecular flexibility index (Phi) is 5.84. The molecule has 0 bridgehead atoms. The van der Waals surface area contributed by atoms with E-state index in [-0.39, 0.29) is 5.41 Å². The number of aromatic nitrogens is 1. The van der Waals surface area contributed by atoms with Gasteiger partial charge in [-0.25, -0.2) is 0 Å². The molecule has 3 aromatic rings. The summed E-state index contributed by atoms with van der Waals surface area (Å²) >= 11 is 0. The van der Waals surface area contributed by atoms with Crippen LogP contribution >= 0.6 is 0 Å². The van der Waals surface area contributed by atoms with E-state index in [2.05, 4.69) is 62.4 Å². The lowest BCUT2D eigenvalue weighted by molar-refractivity contribution is 0.305. The summed E-state index contributed by atoms with van der Waals surface area (Å²) in [6, 6.07) is 18.3. The van der Waals surface area contributed by atoms with Gasteiger partial charge in [0.25, 0.3) is 0 Å². The maximum absolute atomic E-state index is 5.97. The van der Waals surface area contributed by atoms with Crippen LogP contribution < -0.4 is 10.1 Å². The van der Waals surface area contributed by atoms with Crippen molar-refractivity contribution in [1.82, 2.24) is 5.16 Å². The van der Waals surface area contributed by atoms with Crippen LogP contribution in [0.25, 0.3) is 0 Å². The van der Waals surface area contributed by atoms with Crippen molar-refractivity contribution in [3.63, 3.8) is 0 Å². The zero-order valence-corrected chi connectivity index (χ0v) is 16.6. The van der Waals surface area contributed by atoms with Crippen molar-refractivity contribution in [2.24, 2.45) is 0 Å². The van der Waals surface area contributed by atoms with Crippen molar-refractivity contribution in [2.45, 2.75) is 52.6 Å². The van der Waals surface area contributed by atoms with E-state index in [1.807, 2.05) is 30.3 Å². The lowest BCUT2D eigenvalue weighted by Crippen LogP contribution is -2.09. The smallest absolute Gasteiger partial charge is 0.174 e. The highest BCUT2D eigenvalue weighted by atomic mass is 16.5. The van der Waals surface area contributed by atoms with Crippen LogP contribution in [-0.4, -0.2) is 5.16 Å². The summed E-state index contributed by atoms with van der Waals surface area (Å²) in [4.78, 5) is 0. The second-order valence-corrected chi connectivity index (χ2v) is 7.78. The number of nitrogens with one attached hydrogen (secondary N) is 1. The molecule has 1 N–H and O–H groups in total. The van der Waals surface area contributed by atoms with Gasteiger partial charge in [0.15, 0.2) is 5.82 Å². The van der Waals surface area contributed by atoms with Gasteiger partial charge in [-0.1, -0.05) is 63.5 Å². The summed E-state index contributed by atoms with van der Waals surface area (Å²) < 4.78 is 11.4. The zero-order valence-electron chi connectivity index (χ0n) is 16.6. The molecule has 4 nitrogen and oxygen atoms in total. The molecule has 0 fully saturated rings. The summed E-state index contributed by atoms with van der Waals surface area (Å²) in [7, 11) is 0. The standard InChI is InChI=1S/C23H28N2O2/c1-5-8-17-9-6-7-10-18(17)16-26-20-13-11-19(12-14-20)24-22-15-21(27-25-22)23(2,3)4/h6-7,9-15H,5,8,16H2,1-4H3,(H,24,25). The van der Waals surface area contributed by atoms with E-state index in [1.54, 1.807) is 0 Å². The van der Waals surface area contributed by atoms with Gasteiger partial charge in [-0.05, 0) is 41.8 Å². The number of benzene rings is 2. The van der Waals surface area contributed by atoms with Crippen LogP contribution in [-0.2, 0) is 18.4 Å². The SMILES string of the molecule is CCCc1ccccc1COc1ccc(Nc2cc(C(C)(C)C)on2)cc1. The van der Waals surface area contributed by atoms with Crippen molar-refractivity contribution in [2.75, 3.05) is 5.32 Å². The van der Waals surface area contributed by atoms with Gasteiger partial charge in [-0.2, -0.15) is 0 Å². The first-order valence-corrected chi connectivity index (χ1v) is 9.49. The largest absolute Gasteiger partial charge is 0.489 e. The van der Waals surface area contributed by atoms with Gasteiger partial charge in [-0.3, -0.25) is 0 Å². The molecule has 1 heterocycles. The molecule has 0 atom stereocenters. The second kappa shape index (κ2) is 8.30. The minimum absolute atomic E-state index is 0.0569. The summed E-state index contributed by atoms with van der Waals surface area (Å²) in [6.07, 6.45) is 2.22. The molecule has 2 aromatic carbocycles. The van der Waals surface area contributed by atoms with Crippen molar-refractivity contribution in [3.05, 3.63) is 71.5 Å². The minimum atomic E-state index is -0.0569. The van der Waals surface area contributed by atoms with Crippen molar-refractivity contribution < 1.29 is 9.26 Å². The molecule has 1 aromatic heterocycles. The molecule has 0 amide bonds. The normalized spacial score (nSPS) is 11.4. The van der Waals surface area contributed by atoms with Crippen LogP contribution in [0.1, 0.15) is 51.0 Å². The van der Waals surface area contributed by atoms with Crippen molar-refractivity contribution >= 4 is 11.5 Å². The highest BCUT2D eigenvalue weighted by molar-refractivity contribution is 5.57. The Bertz CT molecular complexity index is 861. The predicted molar refractivity (Wildman–Crippen MR) is 110 cm³/mol. The Labute approximate surface area is 161 Å². The molecule has 3 rings (SSSR count). The third kappa shape index (κ3) is 5.13. The number of hydrogen-bond donors (Lipinski definition) is 1. The topological polar surface area (TPSA) is 47.3 Å². The molecule has 142 valence electrons. The zero-order chi connectivity index (χ0) is 19.3. The average molecular weight is 364 g/mol. The number of nitrogens with zero attached hydrogens (tertiary/aromatic N) is 1. The first kappa shape index (κ1) is 19.0. The van der Waals surface area contributed by atoms with Gasteiger partial charge < -0.3 is 14.6 Å². The van der Waals surface area contributed by atoms with Crippen LogP contribution in [0.2, 0.25) is 0 Å². The van der Waals surface area contributed by atoms with Crippen LogP contribution in [0.4, 0.5) is 11.5 Å². The molecule has 4 heteroatoms. The van der Waals surface area contributed by atoms with Crippen molar-refractivity contribution in [1.29, 1.82) is 0 Å². The predicted octanol–water partition coefficient (Wildman–Crippen LogP) is 6.25. The Morgan fingerprint density at radius 2 is 1.70 bits per heavy atom. The Morgan fingerprint density at radius 3 is 2.33 bits per heavy atom. The van der Waals surface area contributed by atoms with E-state index in [9.17, 15) is 0 Å². The Balaban J connectivity index is 1.60. The molecular formula is C23H28N2O2. The molecule has 0 aliphatic heterocycles. The van der Waals surface area contributed by atoms with E-state index >= 15 is 0 Å². The molecule has 0 radical (unpaired) electrons. The third-order valence-electron chi connectivity index (χ3n) is 4.41. The first-order chi connectivity index (χ1) is 13.0. The van der Waals surface area contributed by atoms with Gasteiger partial charge in [-0.15, -0.1) is 0 Å². The highest BCUT2D eigenvalue weighted by Crippen LogP contribution is 2.26. The molecule has 0 aliphatic carbocycles. The molecule has 0 saturated heterocycles. The number of aryl methyl sites for hydroxylation is 1. The highest BCUT2D eigenvalue weighted by Gasteiger charge is 2.19. The van der Waals surface area contributed by atoms with Crippen LogP contribution in [0.5, 0.6) is 5.75 Å². The van der Waals surface area contributed by atoms with Gasteiger partial charge >= 0.3 is 0 Å². The van der Waals surface area contributed by atoms with Crippen LogP contribution in [0.15, 0.2) is 59.1 Å². The lowest BCUT2D eigenvalue weighted by Gasteiger charge is -2.12. The summed E-state index contributed by atoms with van der Waals surface area (Å²) in [5.41, 5.74) is 3.50. The summed E-state index contributed by atoms with van der Waals surface area (Å²) in [5, 5.41) is 7.35. The number of hydrogen-bond acceptors (Lipinski definition) is 4. The summed E-state index contributed by atoms with van der Waals surface area (Å²) in [6.45, 7) is 9.08. The average Bonchev–Trinajstić information content (AvgIpc) is 3.11. The van der Waals surface area contributed by atoms with E-state index in [4.69, 9.17) is 9.26 Å². The number of ether oxygens (including phenoxy) is 1. The molecular weight excluding hydrogens is 336 g/mol. The van der Waals surface area contributed by atoms with Crippen LogP contribution in [0, 0.1) is 0 Å². The van der Waals surface area contributed by atoms with Gasteiger partial charge in [0.1, 0.15) is 18.1 Å². The van der Waals surface area contributed by atoms with E-state index in [0.717, 1.165) is 30.0 Å². The summed E-state index contributed by atoms with van der Waals surface area (Å²) in [5.74, 6) is 2.42. The molecule has 27 heavy (non-hydrogen) atoms. The quantitative estimate of drug-likeness (QED) is 0.538. The maximum Gasteiger partial charge on any atom is 0.174 e. The van der Waals surface area contributed by atoms with Gasteiger partial charge in [0.2, 0.25) is 0 Å². The Morgan fingerprint density at radius 1 is 1.00 bits per heavy atom. The van der Waals surface area contributed by atoms with E-state index < -0.39 is 0 Å². The minimum Gasteiger partial charge on any atom is -0.489 e. The molecule has 0 saturated carbocycles. The van der Waals surface area contributed by atoms with Gasteiger partial charge in [0, 0.05) is 17.2 Å². The fraction of sp³-hybridized carbons (Fsp3) is 0.348. The van der Waals surface area contributed by atoms with E-state index in [0.29, 0.717) is 12.4 Å². The van der Waals surface area contributed by atoms with E-state index in [1.165, 1.54) is 11.1 Å². The fourth-order valence-corrected chi connectivity index (χ4v) is 2.84. The number of rotatable bonds is 7. The second-order valence-electron chi connectivity index (χ2n) is 7.78. The lowest BCUT2D eigenvalue weighted by atomic mass is 9.93. The molecule has 0 aliphatic rings. The fourth-order valence-electron chi connectivity index (χ4n) is 2.84. The first-order valence-electron chi connectivity index (χ1n) is 9.49. The number of anilines is 2. The molecule has 0 spiro atoms. The molecule has 0 unspecified atom stereocenters. The monoisotopic (exact) mass is 364 g/mol. The maximum atomic E-state index is 5.97. The Hall–Kier alpha value is -2.75.